The Balaban J connectivity index is 2.83. The molecule has 0 aliphatic heterocycles. The molecule has 0 unspecified atom stereocenters. The second-order valence-corrected chi connectivity index (χ2v) is 5.56. The molecule has 1 atom stereocenters. The summed E-state index contributed by atoms with van der Waals surface area (Å²) in [5.41, 5.74) is 6.23. The summed E-state index contributed by atoms with van der Waals surface area (Å²) in [6, 6.07) is 4.28. The number of hydrogen-bond acceptors (Lipinski definition) is 4. The van der Waals surface area contributed by atoms with E-state index in [1.165, 1.54) is 0 Å². The molecule has 0 radical (unpaired) electrons. The van der Waals surface area contributed by atoms with E-state index in [0.717, 1.165) is 0 Å². The summed E-state index contributed by atoms with van der Waals surface area (Å²) in [5.74, 6) is 0. The van der Waals surface area contributed by atoms with Gasteiger partial charge in [0.25, 0.3) is 0 Å². The Morgan fingerprint density at radius 3 is 2.68 bits per heavy atom. The first-order valence-electron chi connectivity index (χ1n) is 5.89. The third kappa shape index (κ3) is 5.06. The lowest BCUT2D eigenvalue weighted by molar-refractivity contribution is 0.0636. The van der Waals surface area contributed by atoms with Crippen molar-refractivity contribution < 1.29 is 14.6 Å². The Kier molecular flexibility index (Phi) is 5.17. The van der Waals surface area contributed by atoms with Crippen LogP contribution in [0.2, 0.25) is 5.02 Å². The molecule has 0 saturated carbocycles. The topological polar surface area (TPSA) is 84.6 Å². The quantitative estimate of drug-likeness (QED) is 0.797. The summed E-state index contributed by atoms with van der Waals surface area (Å²) in [6.45, 7) is 5.11. The normalized spacial score (nSPS) is 12.9. The number of amides is 1. The second kappa shape index (κ2) is 6.23. The monoisotopic (exact) mass is 286 g/mol. The van der Waals surface area contributed by atoms with Gasteiger partial charge in [-0.3, -0.25) is 5.32 Å². The average Bonchev–Trinajstić information content (AvgIpc) is 2.28. The lowest BCUT2D eigenvalue weighted by Crippen LogP contribution is -2.27. The zero-order valence-corrected chi connectivity index (χ0v) is 12.0. The van der Waals surface area contributed by atoms with E-state index < -0.39 is 17.7 Å². The van der Waals surface area contributed by atoms with Crippen LogP contribution in [0.3, 0.4) is 0 Å². The molecule has 1 amide bonds. The molecular formula is C13H19ClN2O3. The third-order valence-corrected chi connectivity index (χ3v) is 2.58. The average molecular weight is 287 g/mol. The lowest BCUT2D eigenvalue weighted by Gasteiger charge is -2.20. The minimum absolute atomic E-state index is 0.227. The number of aliphatic hydroxyl groups is 1. The number of aliphatic hydroxyl groups excluding tert-OH is 1. The molecule has 0 aliphatic rings. The lowest BCUT2D eigenvalue weighted by atomic mass is 10.1. The van der Waals surface area contributed by atoms with Crippen LogP contribution in [0, 0.1) is 0 Å². The van der Waals surface area contributed by atoms with Crippen molar-refractivity contribution in [1.82, 2.24) is 0 Å². The van der Waals surface area contributed by atoms with Crippen molar-refractivity contribution in [2.24, 2.45) is 5.73 Å². The van der Waals surface area contributed by atoms with Gasteiger partial charge >= 0.3 is 6.09 Å². The molecule has 4 N–H and O–H groups in total. The van der Waals surface area contributed by atoms with Gasteiger partial charge in [-0.15, -0.1) is 0 Å². The number of nitrogens with one attached hydrogen (secondary N) is 1. The molecule has 1 aromatic carbocycles. The Morgan fingerprint density at radius 2 is 2.16 bits per heavy atom. The highest BCUT2D eigenvalue weighted by atomic mass is 35.5. The maximum absolute atomic E-state index is 11.6. The first-order chi connectivity index (χ1) is 8.73. The van der Waals surface area contributed by atoms with Crippen molar-refractivity contribution >= 4 is 23.4 Å². The number of carbonyl (C=O) groups is 1. The zero-order chi connectivity index (χ0) is 14.6. The largest absolute Gasteiger partial charge is 0.444 e. The number of hydrogen-bond donors (Lipinski definition) is 3. The molecule has 0 aliphatic carbocycles. The molecule has 1 rings (SSSR count). The van der Waals surface area contributed by atoms with E-state index in [1.54, 1.807) is 39.0 Å². The third-order valence-electron chi connectivity index (χ3n) is 2.24. The van der Waals surface area contributed by atoms with E-state index in [0.29, 0.717) is 16.3 Å². The number of rotatable bonds is 3. The predicted octanol–water partition coefficient (Wildman–Crippen LogP) is 2.68. The minimum Gasteiger partial charge on any atom is -0.444 e. The van der Waals surface area contributed by atoms with E-state index >= 15 is 0 Å². The highest BCUT2D eigenvalue weighted by Gasteiger charge is 2.17. The van der Waals surface area contributed by atoms with Gasteiger partial charge in [0.1, 0.15) is 5.60 Å². The van der Waals surface area contributed by atoms with Gasteiger partial charge in [-0.1, -0.05) is 11.6 Å². The number of nitrogens with two attached hydrogens (primary N) is 1. The molecule has 5 nitrogen and oxygen atoms in total. The summed E-state index contributed by atoms with van der Waals surface area (Å²) < 4.78 is 5.13. The van der Waals surface area contributed by atoms with Gasteiger partial charge in [0.2, 0.25) is 0 Å². The molecule has 0 spiro atoms. The molecular weight excluding hydrogens is 268 g/mol. The van der Waals surface area contributed by atoms with Crippen LogP contribution in [0.25, 0.3) is 0 Å². The van der Waals surface area contributed by atoms with Crippen molar-refractivity contribution in [3.05, 3.63) is 28.8 Å². The maximum atomic E-state index is 11.6. The Bertz CT molecular complexity index is 458. The SMILES string of the molecule is CC(C)(C)OC(=O)Nc1ccc(Cl)c([C@H](N)CO)c1. The van der Waals surface area contributed by atoms with E-state index in [-0.39, 0.29) is 6.61 Å². The summed E-state index contributed by atoms with van der Waals surface area (Å²) in [6.07, 6.45) is -0.557. The van der Waals surface area contributed by atoms with E-state index in [9.17, 15) is 4.79 Å². The van der Waals surface area contributed by atoms with Crippen molar-refractivity contribution in [1.29, 1.82) is 0 Å². The number of anilines is 1. The maximum Gasteiger partial charge on any atom is 0.412 e. The molecule has 0 fully saturated rings. The van der Waals surface area contributed by atoms with Crippen LogP contribution in [0.15, 0.2) is 18.2 Å². The van der Waals surface area contributed by atoms with E-state index in [1.807, 2.05) is 0 Å². The number of benzene rings is 1. The van der Waals surface area contributed by atoms with Crippen molar-refractivity contribution in [2.75, 3.05) is 11.9 Å². The van der Waals surface area contributed by atoms with Gasteiger partial charge in [0.15, 0.2) is 0 Å². The van der Waals surface area contributed by atoms with Crippen LogP contribution in [0.1, 0.15) is 32.4 Å². The summed E-state index contributed by atoms with van der Waals surface area (Å²) in [4.78, 5) is 11.6. The Hall–Kier alpha value is -1.30. The van der Waals surface area contributed by atoms with Gasteiger partial charge < -0.3 is 15.6 Å². The molecule has 106 valence electrons. The predicted molar refractivity (Wildman–Crippen MR) is 75.3 cm³/mol. The van der Waals surface area contributed by atoms with Crippen LogP contribution in [-0.2, 0) is 4.74 Å². The molecule has 1 aromatic rings. The van der Waals surface area contributed by atoms with Gasteiger partial charge in [-0.2, -0.15) is 0 Å². The Labute approximate surface area is 117 Å². The highest BCUT2D eigenvalue weighted by Crippen LogP contribution is 2.25. The fourth-order valence-corrected chi connectivity index (χ4v) is 1.68. The number of halogens is 1. The molecule has 0 heterocycles. The first kappa shape index (κ1) is 15.8. The summed E-state index contributed by atoms with van der Waals surface area (Å²) in [7, 11) is 0. The minimum atomic E-state index is -0.590. The van der Waals surface area contributed by atoms with Gasteiger partial charge in [0, 0.05) is 10.7 Å². The Morgan fingerprint density at radius 1 is 1.53 bits per heavy atom. The highest BCUT2D eigenvalue weighted by molar-refractivity contribution is 6.31. The van der Waals surface area contributed by atoms with Crippen LogP contribution < -0.4 is 11.1 Å². The van der Waals surface area contributed by atoms with Crippen molar-refractivity contribution in [3.63, 3.8) is 0 Å². The molecule has 19 heavy (non-hydrogen) atoms. The van der Waals surface area contributed by atoms with Gasteiger partial charge in [0.05, 0.1) is 12.6 Å². The molecule has 0 saturated heterocycles. The van der Waals surface area contributed by atoms with Crippen LogP contribution in [0.5, 0.6) is 0 Å². The van der Waals surface area contributed by atoms with Crippen LogP contribution in [-0.4, -0.2) is 23.4 Å². The second-order valence-electron chi connectivity index (χ2n) is 5.15. The fourth-order valence-electron chi connectivity index (χ4n) is 1.43. The van der Waals surface area contributed by atoms with Gasteiger partial charge in [-0.05, 0) is 44.5 Å². The van der Waals surface area contributed by atoms with E-state index in [4.69, 9.17) is 27.2 Å². The number of ether oxygens (including phenoxy) is 1. The summed E-state index contributed by atoms with van der Waals surface area (Å²) >= 11 is 5.98. The van der Waals surface area contributed by atoms with Gasteiger partial charge in [-0.25, -0.2) is 4.79 Å². The van der Waals surface area contributed by atoms with Crippen molar-refractivity contribution in [2.45, 2.75) is 32.4 Å². The number of carbonyl (C=O) groups excluding carboxylic acids is 1. The van der Waals surface area contributed by atoms with Crippen LogP contribution in [0.4, 0.5) is 10.5 Å². The molecule has 0 aromatic heterocycles. The van der Waals surface area contributed by atoms with Crippen molar-refractivity contribution in [3.8, 4) is 0 Å². The zero-order valence-electron chi connectivity index (χ0n) is 11.2. The fraction of sp³-hybridized carbons (Fsp3) is 0.462. The smallest absolute Gasteiger partial charge is 0.412 e. The summed E-state index contributed by atoms with van der Waals surface area (Å²) in [5, 5.41) is 12.1. The molecule has 0 bridgehead atoms. The van der Waals surface area contributed by atoms with E-state index in [2.05, 4.69) is 5.32 Å². The standard InChI is InChI=1S/C13H19ClN2O3/c1-13(2,3)19-12(18)16-8-4-5-10(14)9(6-8)11(15)7-17/h4-6,11,17H,7,15H2,1-3H3,(H,16,18)/t11-/m1/s1. The first-order valence-corrected chi connectivity index (χ1v) is 6.26. The van der Waals surface area contributed by atoms with Crippen LogP contribution >= 0.6 is 11.6 Å². The molecule has 6 heteroatoms.